The van der Waals surface area contributed by atoms with Crippen molar-refractivity contribution in [1.82, 2.24) is 20.1 Å². The van der Waals surface area contributed by atoms with E-state index in [4.69, 9.17) is 5.11 Å². The zero-order valence-corrected chi connectivity index (χ0v) is 9.66. The molecule has 18 heavy (non-hydrogen) atoms. The molecule has 7 nitrogen and oxygen atoms in total. The second kappa shape index (κ2) is 4.74. The fourth-order valence-corrected chi connectivity index (χ4v) is 1.43. The van der Waals surface area contributed by atoms with E-state index in [1.165, 1.54) is 18.5 Å². The smallest absolute Gasteiger partial charge is 0.255 e. The number of carbonyl (C=O) groups excluding carboxylic acids is 1. The number of aromatic hydroxyl groups is 2. The molecule has 94 valence electrons. The molecule has 7 heteroatoms. The summed E-state index contributed by atoms with van der Waals surface area (Å²) in [5.74, 6) is -0.222. The molecular weight excluding hydrogens is 236 g/mol. The van der Waals surface area contributed by atoms with Crippen molar-refractivity contribution in [3.05, 3.63) is 35.9 Å². The van der Waals surface area contributed by atoms with Crippen LogP contribution >= 0.6 is 0 Å². The molecule has 0 saturated heterocycles. The van der Waals surface area contributed by atoms with Gasteiger partial charge in [-0.2, -0.15) is 0 Å². The summed E-state index contributed by atoms with van der Waals surface area (Å²) in [6.45, 7) is 0.204. The van der Waals surface area contributed by atoms with E-state index in [-0.39, 0.29) is 23.6 Å². The highest BCUT2D eigenvalue weighted by molar-refractivity contribution is 5.96. The Labute approximate surface area is 103 Å². The molecule has 1 aromatic heterocycles. The molecule has 2 rings (SSSR count). The van der Waals surface area contributed by atoms with E-state index in [9.17, 15) is 9.90 Å². The quantitative estimate of drug-likeness (QED) is 0.718. The second-order valence-electron chi connectivity index (χ2n) is 3.74. The molecule has 0 unspecified atom stereocenters. The van der Waals surface area contributed by atoms with Crippen LogP contribution < -0.4 is 5.32 Å². The maximum atomic E-state index is 11.8. The number of hydrogen-bond donors (Lipinski definition) is 3. The average molecular weight is 248 g/mol. The number of rotatable bonds is 3. The third-order valence-electron chi connectivity index (χ3n) is 2.44. The van der Waals surface area contributed by atoms with Crippen LogP contribution in [0.5, 0.6) is 11.5 Å². The van der Waals surface area contributed by atoms with Gasteiger partial charge in [0.1, 0.15) is 17.8 Å². The van der Waals surface area contributed by atoms with Crippen molar-refractivity contribution in [3.8, 4) is 11.5 Å². The van der Waals surface area contributed by atoms with Gasteiger partial charge in [-0.15, -0.1) is 10.2 Å². The first kappa shape index (κ1) is 11.9. The highest BCUT2D eigenvalue weighted by atomic mass is 16.3. The van der Waals surface area contributed by atoms with Gasteiger partial charge in [-0.05, 0) is 12.1 Å². The van der Waals surface area contributed by atoms with Crippen LogP contribution in [0.25, 0.3) is 0 Å². The van der Waals surface area contributed by atoms with Crippen molar-refractivity contribution in [1.29, 1.82) is 0 Å². The minimum atomic E-state index is -0.449. The summed E-state index contributed by atoms with van der Waals surface area (Å²) in [6.07, 6.45) is 1.53. The van der Waals surface area contributed by atoms with Gasteiger partial charge in [0.05, 0.1) is 12.1 Å². The van der Waals surface area contributed by atoms with E-state index in [2.05, 4.69) is 15.5 Å². The number of phenolic OH excluding ortho intramolecular Hbond substituents is 2. The van der Waals surface area contributed by atoms with E-state index in [0.29, 0.717) is 5.82 Å². The van der Waals surface area contributed by atoms with E-state index in [1.807, 2.05) is 0 Å². The lowest BCUT2D eigenvalue weighted by Crippen LogP contribution is -2.24. The van der Waals surface area contributed by atoms with Gasteiger partial charge in [0.15, 0.2) is 5.82 Å². The Morgan fingerprint density at radius 2 is 2.22 bits per heavy atom. The normalized spacial score (nSPS) is 10.3. The minimum Gasteiger partial charge on any atom is -0.508 e. The number of phenols is 2. The molecule has 0 saturated carbocycles. The van der Waals surface area contributed by atoms with E-state index < -0.39 is 5.91 Å². The van der Waals surface area contributed by atoms with Crippen LogP contribution in [0.2, 0.25) is 0 Å². The van der Waals surface area contributed by atoms with Crippen LogP contribution in [0.1, 0.15) is 16.2 Å². The fourth-order valence-electron chi connectivity index (χ4n) is 1.43. The van der Waals surface area contributed by atoms with Crippen LogP contribution in [0.4, 0.5) is 0 Å². The van der Waals surface area contributed by atoms with Crippen LogP contribution in [0.15, 0.2) is 24.5 Å². The number of aromatic nitrogens is 3. The van der Waals surface area contributed by atoms with Gasteiger partial charge < -0.3 is 20.1 Å². The highest BCUT2D eigenvalue weighted by Crippen LogP contribution is 2.22. The van der Waals surface area contributed by atoms with Crippen LogP contribution in [0.3, 0.4) is 0 Å². The lowest BCUT2D eigenvalue weighted by Gasteiger charge is -2.06. The van der Waals surface area contributed by atoms with Crippen molar-refractivity contribution < 1.29 is 15.0 Å². The van der Waals surface area contributed by atoms with E-state index in [0.717, 1.165) is 6.07 Å². The zero-order chi connectivity index (χ0) is 13.1. The molecule has 0 fully saturated rings. The van der Waals surface area contributed by atoms with Gasteiger partial charge in [-0.1, -0.05) is 0 Å². The van der Waals surface area contributed by atoms with Gasteiger partial charge in [0, 0.05) is 13.1 Å². The summed E-state index contributed by atoms with van der Waals surface area (Å²) < 4.78 is 1.68. The Hall–Kier alpha value is -2.57. The molecule has 0 aliphatic rings. The van der Waals surface area contributed by atoms with Gasteiger partial charge in [0.25, 0.3) is 5.91 Å². The lowest BCUT2D eigenvalue weighted by atomic mass is 10.2. The topological polar surface area (TPSA) is 100 Å². The highest BCUT2D eigenvalue weighted by Gasteiger charge is 2.12. The Bertz CT molecular complexity index is 579. The largest absolute Gasteiger partial charge is 0.508 e. The average Bonchev–Trinajstić information content (AvgIpc) is 2.72. The number of aryl methyl sites for hydroxylation is 1. The number of nitrogens with one attached hydrogen (secondary N) is 1. The third kappa shape index (κ3) is 2.40. The summed E-state index contributed by atoms with van der Waals surface area (Å²) in [4.78, 5) is 11.8. The lowest BCUT2D eigenvalue weighted by molar-refractivity contribution is 0.0947. The number of amides is 1. The number of benzene rings is 1. The molecule has 0 bridgehead atoms. The van der Waals surface area contributed by atoms with Crippen LogP contribution in [0, 0.1) is 0 Å². The molecule has 0 aliphatic heterocycles. The van der Waals surface area contributed by atoms with Crippen molar-refractivity contribution >= 4 is 5.91 Å². The van der Waals surface area contributed by atoms with E-state index >= 15 is 0 Å². The molecule has 1 aromatic carbocycles. The molecular formula is C11H12N4O3. The monoisotopic (exact) mass is 248 g/mol. The van der Waals surface area contributed by atoms with Crippen molar-refractivity contribution in [2.24, 2.45) is 7.05 Å². The first-order valence-electron chi connectivity index (χ1n) is 5.21. The standard InChI is InChI=1S/C11H12N4O3/c1-15-6-13-14-10(15)5-12-11(18)8-3-2-7(16)4-9(8)17/h2-4,6,16-17H,5H2,1H3,(H,12,18). The Balaban J connectivity index is 2.06. The van der Waals surface area contributed by atoms with Crippen molar-refractivity contribution in [2.45, 2.75) is 6.54 Å². The summed E-state index contributed by atoms with van der Waals surface area (Å²) in [6, 6.07) is 3.78. The van der Waals surface area contributed by atoms with Gasteiger partial charge >= 0.3 is 0 Å². The summed E-state index contributed by atoms with van der Waals surface area (Å²) in [7, 11) is 1.76. The Kier molecular flexibility index (Phi) is 3.13. The van der Waals surface area contributed by atoms with Gasteiger partial charge in [0.2, 0.25) is 0 Å². The third-order valence-corrected chi connectivity index (χ3v) is 2.44. The molecule has 0 aliphatic carbocycles. The summed E-state index contributed by atoms with van der Waals surface area (Å²) in [5, 5.41) is 28.7. The first-order chi connectivity index (χ1) is 8.58. The maximum absolute atomic E-state index is 11.8. The minimum absolute atomic E-state index is 0.0926. The SMILES string of the molecule is Cn1cnnc1CNC(=O)c1ccc(O)cc1O. The zero-order valence-electron chi connectivity index (χ0n) is 9.66. The first-order valence-corrected chi connectivity index (χ1v) is 5.21. The Morgan fingerprint density at radius 3 is 2.83 bits per heavy atom. The molecule has 1 amide bonds. The Morgan fingerprint density at radius 1 is 1.44 bits per heavy atom. The molecule has 3 N–H and O–H groups in total. The molecule has 0 radical (unpaired) electrons. The number of hydrogen-bond acceptors (Lipinski definition) is 5. The summed E-state index contributed by atoms with van der Waals surface area (Å²) >= 11 is 0. The summed E-state index contributed by atoms with van der Waals surface area (Å²) in [5.41, 5.74) is 0.0926. The predicted molar refractivity (Wildman–Crippen MR) is 61.9 cm³/mol. The maximum Gasteiger partial charge on any atom is 0.255 e. The number of carbonyl (C=O) groups is 1. The van der Waals surface area contributed by atoms with Crippen molar-refractivity contribution in [3.63, 3.8) is 0 Å². The second-order valence-corrected chi connectivity index (χ2v) is 3.74. The molecule has 0 atom stereocenters. The predicted octanol–water partition coefficient (Wildman–Crippen LogP) is 0.156. The van der Waals surface area contributed by atoms with Crippen LogP contribution in [-0.4, -0.2) is 30.9 Å². The van der Waals surface area contributed by atoms with E-state index in [1.54, 1.807) is 11.6 Å². The molecule has 0 spiro atoms. The fraction of sp³-hybridized carbons (Fsp3) is 0.182. The number of nitrogens with zero attached hydrogens (tertiary/aromatic N) is 3. The van der Waals surface area contributed by atoms with Crippen LogP contribution in [-0.2, 0) is 13.6 Å². The van der Waals surface area contributed by atoms with Gasteiger partial charge in [-0.3, -0.25) is 4.79 Å². The van der Waals surface area contributed by atoms with Crippen molar-refractivity contribution in [2.75, 3.05) is 0 Å². The molecule has 1 heterocycles. The van der Waals surface area contributed by atoms with Gasteiger partial charge in [-0.25, -0.2) is 0 Å². The molecule has 2 aromatic rings.